The quantitative estimate of drug-likeness (QED) is 0.679. The lowest BCUT2D eigenvalue weighted by Crippen LogP contribution is -2.36. The second-order valence-electron chi connectivity index (χ2n) is 3.43. The van der Waals surface area contributed by atoms with Crippen LogP contribution in [0.4, 0.5) is 5.13 Å². The van der Waals surface area contributed by atoms with Crippen LogP contribution in [0, 0.1) is 5.92 Å². The first kappa shape index (κ1) is 10.3. The van der Waals surface area contributed by atoms with E-state index in [4.69, 9.17) is 4.74 Å². The van der Waals surface area contributed by atoms with Crippen molar-refractivity contribution in [3.63, 3.8) is 0 Å². The Hall–Kier alpha value is -1.24. The normalized spacial score (nSPS) is 17.8. The van der Waals surface area contributed by atoms with E-state index in [9.17, 15) is 4.79 Å². The van der Waals surface area contributed by atoms with Gasteiger partial charge >= 0.3 is 5.97 Å². The third kappa shape index (κ3) is 2.23. The zero-order valence-corrected chi connectivity index (χ0v) is 9.24. The number of nitrogens with zero attached hydrogens (tertiary/aromatic N) is 4. The molecule has 6 nitrogen and oxygen atoms in total. The Morgan fingerprint density at radius 3 is 2.80 bits per heavy atom. The lowest BCUT2D eigenvalue weighted by molar-refractivity contribution is -0.146. The fourth-order valence-electron chi connectivity index (χ4n) is 1.72. The number of carbonyl (C=O) groups excluding carboxylic acids is 1. The van der Waals surface area contributed by atoms with Crippen molar-refractivity contribution in [2.24, 2.45) is 5.92 Å². The van der Waals surface area contributed by atoms with Gasteiger partial charge in [-0.05, 0) is 18.1 Å². The van der Waals surface area contributed by atoms with Crippen LogP contribution in [0.5, 0.6) is 0 Å². The summed E-state index contributed by atoms with van der Waals surface area (Å²) < 4.78 is 8.44. The second kappa shape index (κ2) is 4.52. The molecule has 2 heterocycles. The van der Waals surface area contributed by atoms with Gasteiger partial charge in [-0.15, -0.1) is 0 Å². The topological polar surface area (TPSA) is 68.2 Å². The maximum absolute atomic E-state index is 11.3. The first-order valence-electron chi connectivity index (χ1n) is 4.79. The number of esters is 1. The van der Waals surface area contributed by atoms with Crippen molar-refractivity contribution in [3.8, 4) is 0 Å². The number of carbonyl (C=O) groups is 1. The van der Waals surface area contributed by atoms with Crippen molar-refractivity contribution < 1.29 is 9.53 Å². The Labute approximate surface area is 91.4 Å². The summed E-state index contributed by atoms with van der Waals surface area (Å²) in [5, 5.41) is 8.28. The predicted molar refractivity (Wildman–Crippen MR) is 54.7 cm³/mol. The van der Waals surface area contributed by atoms with Crippen LogP contribution in [0.15, 0.2) is 0 Å². The summed E-state index contributed by atoms with van der Waals surface area (Å²) in [4.78, 5) is 13.4. The molecule has 1 fully saturated rings. The van der Waals surface area contributed by atoms with Gasteiger partial charge in [-0.2, -0.15) is 0 Å². The van der Waals surface area contributed by atoms with Crippen molar-refractivity contribution in [1.29, 1.82) is 0 Å². The van der Waals surface area contributed by atoms with Crippen molar-refractivity contribution in [2.75, 3.05) is 25.1 Å². The zero-order valence-electron chi connectivity index (χ0n) is 8.42. The number of methoxy groups -OCH3 is 1. The summed E-state index contributed by atoms with van der Waals surface area (Å²) in [7, 11) is 1.43. The van der Waals surface area contributed by atoms with Gasteiger partial charge in [0.05, 0.1) is 13.0 Å². The van der Waals surface area contributed by atoms with Crippen molar-refractivity contribution in [1.82, 2.24) is 14.8 Å². The fraction of sp³-hybridized carbons (Fsp3) is 0.750. The van der Waals surface area contributed by atoms with Gasteiger partial charge in [0.15, 0.2) is 0 Å². The molecule has 0 atom stereocenters. The molecule has 0 amide bonds. The van der Waals surface area contributed by atoms with E-state index in [-0.39, 0.29) is 11.9 Å². The van der Waals surface area contributed by atoms with Gasteiger partial charge in [0.1, 0.15) is 0 Å². The third-order valence-corrected chi connectivity index (χ3v) is 3.25. The Morgan fingerprint density at radius 1 is 1.53 bits per heavy atom. The maximum atomic E-state index is 11.3. The summed E-state index contributed by atoms with van der Waals surface area (Å²) in [6.07, 6.45) is 1.62. The standard InChI is InChI=1S/C8H12N4O2S/c1-14-7(13)6-2-4-12(5-3-6)8-9-10-11-15-8/h6H,2-5H2,1H3. The molecule has 0 aliphatic carbocycles. The van der Waals surface area contributed by atoms with Crippen molar-refractivity contribution in [2.45, 2.75) is 12.8 Å². The van der Waals surface area contributed by atoms with Gasteiger partial charge in [-0.25, -0.2) is 0 Å². The highest BCUT2D eigenvalue weighted by Crippen LogP contribution is 2.23. The summed E-state index contributed by atoms with van der Waals surface area (Å²) >= 11 is 1.28. The number of ether oxygens (including phenoxy) is 1. The molecule has 1 saturated heterocycles. The van der Waals surface area contributed by atoms with Gasteiger partial charge in [0.2, 0.25) is 5.13 Å². The molecule has 0 radical (unpaired) electrons. The van der Waals surface area contributed by atoms with Crippen LogP contribution in [-0.2, 0) is 9.53 Å². The van der Waals surface area contributed by atoms with Crippen LogP contribution in [0.3, 0.4) is 0 Å². The van der Waals surface area contributed by atoms with Gasteiger partial charge in [-0.1, -0.05) is 9.59 Å². The van der Waals surface area contributed by atoms with Gasteiger partial charge in [0.25, 0.3) is 0 Å². The van der Waals surface area contributed by atoms with E-state index in [1.54, 1.807) is 0 Å². The Kier molecular flexibility index (Phi) is 3.10. The molecule has 0 N–H and O–H groups in total. The minimum Gasteiger partial charge on any atom is -0.469 e. The molecule has 0 saturated carbocycles. The lowest BCUT2D eigenvalue weighted by atomic mass is 9.97. The molecular weight excluding hydrogens is 216 g/mol. The number of rotatable bonds is 2. The summed E-state index contributed by atoms with van der Waals surface area (Å²) in [5.74, 6) is -0.0721. The first-order chi connectivity index (χ1) is 7.31. The SMILES string of the molecule is COC(=O)C1CCN(c2nnns2)CC1. The van der Waals surface area contributed by atoms with E-state index in [1.807, 2.05) is 0 Å². The van der Waals surface area contributed by atoms with Gasteiger partial charge in [0, 0.05) is 24.6 Å². The van der Waals surface area contributed by atoms with E-state index in [0.29, 0.717) is 0 Å². The molecule has 15 heavy (non-hydrogen) atoms. The zero-order chi connectivity index (χ0) is 10.7. The van der Waals surface area contributed by atoms with E-state index in [2.05, 4.69) is 19.7 Å². The van der Waals surface area contributed by atoms with Crippen LogP contribution in [0.1, 0.15) is 12.8 Å². The molecule has 1 aromatic rings. The molecule has 0 spiro atoms. The van der Waals surface area contributed by atoms with E-state index < -0.39 is 0 Å². The van der Waals surface area contributed by atoms with Crippen LogP contribution in [0.25, 0.3) is 0 Å². The number of piperidine rings is 1. The molecule has 1 aliphatic rings. The predicted octanol–water partition coefficient (Wildman–Crippen LogP) is 0.322. The summed E-state index contributed by atoms with van der Waals surface area (Å²) in [5.41, 5.74) is 0. The van der Waals surface area contributed by atoms with Crippen LogP contribution in [0.2, 0.25) is 0 Å². The highest BCUT2D eigenvalue weighted by Gasteiger charge is 2.26. The van der Waals surface area contributed by atoms with Crippen LogP contribution in [-0.4, -0.2) is 41.0 Å². The van der Waals surface area contributed by atoms with E-state index >= 15 is 0 Å². The maximum Gasteiger partial charge on any atom is 0.308 e. The molecule has 0 unspecified atom stereocenters. The Bertz CT molecular complexity index is 321. The van der Waals surface area contributed by atoms with Gasteiger partial charge < -0.3 is 9.64 Å². The highest BCUT2D eigenvalue weighted by molar-refractivity contribution is 7.09. The number of hydrogen-bond acceptors (Lipinski definition) is 7. The van der Waals surface area contributed by atoms with Crippen LogP contribution < -0.4 is 4.90 Å². The molecule has 7 heteroatoms. The minimum atomic E-state index is -0.106. The molecular formula is C8H12N4O2S. The van der Waals surface area contributed by atoms with Crippen LogP contribution >= 0.6 is 11.5 Å². The summed E-state index contributed by atoms with van der Waals surface area (Å²) in [6, 6.07) is 0. The number of hydrogen-bond donors (Lipinski definition) is 0. The highest BCUT2D eigenvalue weighted by atomic mass is 32.1. The Balaban J connectivity index is 1.90. The smallest absolute Gasteiger partial charge is 0.308 e. The molecule has 2 rings (SSSR count). The fourth-order valence-corrected chi connectivity index (χ4v) is 2.24. The molecule has 0 aromatic carbocycles. The third-order valence-electron chi connectivity index (χ3n) is 2.59. The van der Waals surface area contributed by atoms with Crippen molar-refractivity contribution in [3.05, 3.63) is 0 Å². The monoisotopic (exact) mass is 228 g/mol. The largest absolute Gasteiger partial charge is 0.469 e. The molecule has 82 valence electrons. The van der Waals surface area contributed by atoms with Crippen molar-refractivity contribution >= 4 is 22.6 Å². The minimum absolute atomic E-state index is 0.0344. The lowest BCUT2D eigenvalue weighted by Gasteiger charge is -2.29. The summed E-state index contributed by atoms with van der Waals surface area (Å²) in [6.45, 7) is 1.63. The molecule has 0 bridgehead atoms. The van der Waals surface area contributed by atoms with E-state index in [1.165, 1.54) is 18.6 Å². The second-order valence-corrected chi connectivity index (χ2v) is 4.14. The average Bonchev–Trinajstić information content (AvgIpc) is 2.82. The van der Waals surface area contributed by atoms with Gasteiger partial charge in [-0.3, -0.25) is 4.79 Å². The Morgan fingerprint density at radius 2 is 2.27 bits per heavy atom. The number of anilines is 1. The number of aromatic nitrogens is 3. The average molecular weight is 228 g/mol. The van der Waals surface area contributed by atoms with E-state index in [0.717, 1.165) is 31.1 Å². The molecule has 1 aromatic heterocycles. The molecule has 1 aliphatic heterocycles. The first-order valence-corrected chi connectivity index (χ1v) is 5.56.